The number of halogens is 1. The molecule has 1 heterocycles. The third-order valence-corrected chi connectivity index (χ3v) is 5.72. The summed E-state index contributed by atoms with van der Waals surface area (Å²) < 4.78 is 0. The molecule has 0 atom stereocenters. The van der Waals surface area contributed by atoms with Crippen LogP contribution in [0.3, 0.4) is 0 Å². The Kier molecular flexibility index (Phi) is 6.83. The first-order chi connectivity index (χ1) is 13.0. The molecule has 0 aromatic heterocycles. The summed E-state index contributed by atoms with van der Waals surface area (Å²) in [5, 5.41) is 9.76. The number of urea groups is 2. The SMILES string of the molecule is Cc1cc(Cl)ccc1NC(=O)N1CCC(NC(=O)NC2CCCCC2)CC1. The molecule has 4 amide bonds. The minimum atomic E-state index is -0.106. The maximum atomic E-state index is 12.5. The average molecular weight is 393 g/mol. The predicted molar refractivity (Wildman–Crippen MR) is 108 cm³/mol. The molecule has 1 aliphatic heterocycles. The Balaban J connectivity index is 1.41. The molecule has 3 rings (SSSR count). The van der Waals surface area contributed by atoms with Crippen LogP contribution in [0.15, 0.2) is 18.2 Å². The standard InChI is InChI=1S/C20H29ClN4O2/c1-14-13-15(21)7-8-18(14)24-20(27)25-11-9-17(10-12-25)23-19(26)22-16-5-3-2-4-6-16/h7-8,13,16-17H,2-6,9-12H2,1H3,(H,24,27)(H2,22,23,26). The molecule has 27 heavy (non-hydrogen) atoms. The largest absolute Gasteiger partial charge is 0.335 e. The lowest BCUT2D eigenvalue weighted by Crippen LogP contribution is -2.51. The number of carbonyl (C=O) groups excluding carboxylic acids is 2. The molecule has 1 aromatic rings. The van der Waals surface area contributed by atoms with Gasteiger partial charge in [-0.2, -0.15) is 0 Å². The zero-order valence-corrected chi connectivity index (χ0v) is 16.6. The number of amides is 4. The van der Waals surface area contributed by atoms with Crippen LogP contribution in [-0.2, 0) is 0 Å². The first-order valence-corrected chi connectivity index (χ1v) is 10.3. The Labute approximate surface area is 166 Å². The molecule has 148 valence electrons. The fourth-order valence-corrected chi connectivity index (χ4v) is 4.07. The minimum Gasteiger partial charge on any atom is -0.335 e. The molecule has 0 radical (unpaired) electrons. The highest BCUT2D eigenvalue weighted by Gasteiger charge is 2.25. The smallest absolute Gasteiger partial charge is 0.321 e. The zero-order valence-electron chi connectivity index (χ0n) is 15.9. The number of nitrogens with one attached hydrogen (secondary N) is 3. The summed E-state index contributed by atoms with van der Waals surface area (Å²) in [6.45, 7) is 3.18. The second kappa shape index (κ2) is 9.31. The summed E-state index contributed by atoms with van der Waals surface area (Å²) in [6, 6.07) is 5.68. The van der Waals surface area contributed by atoms with Crippen molar-refractivity contribution in [1.82, 2.24) is 15.5 Å². The average Bonchev–Trinajstić information content (AvgIpc) is 2.65. The Hall–Kier alpha value is -1.95. The van der Waals surface area contributed by atoms with Crippen molar-refractivity contribution < 1.29 is 9.59 Å². The van der Waals surface area contributed by atoms with Gasteiger partial charge in [-0.25, -0.2) is 9.59 Å². The van der Waals surface area contributed by atoms with E-state index in [1.807, 2.05) is 19.1 Å². The number of piperidine rings is 1. The van der Waals surface area contributed by atoms with Gasteiger partial charge >= 0.3 is 12.1 Å². The van der Waals surface area contributed by atoms with E-state index in [0.717, 1.165) is 36.9 Å². The van der Waals surface area contributed by atoms with Gasteiger partial charge in [0, 0.05) is 35.9 Å². The van der Waals surface area contributed by atoms with Crippen molar-refractivity contribution in [1.29, 1.82) is 0 Å². The molecular weight excluding hydrogens is 364 g/mol. The molecule has 0 spiro atoms. The van der Waals surface area contributed by atoms with E-state index >= 15 is 0 Å². The normalized spacial score (nSPS) is 18.8. The molecule has 1 saturated carbocycles. The Morgan fingerprint density at radius 2 is 1.63 bits per heavy atom. The van der Waals surface area contributed by atoms with Gasteiger partial charge in [-0.05, 0) is 56.4 Å². The zero-order chi connectivity index (χ0) is 19.2. The minimum absolute atomic E-state index is 0.0680. The second-order valence-electron chi connectivity index (χ2n) is 7.60. The quantitative estimate of drug-likeness (QED) is 0.718. The van der Waals surface area contributed by atoms with E-state index in [2.05, 4.69) is 16.0 Å². The van der Waals surface area contributed by atoms with Gasteiger partial charge < -0.3 is 20.9 Å². The first kappa shape index (κ1) is 19.8. The van der Waals surface area contributed by atoms with Crippen LogP contribution in [0.5, 0.6) is 0 Å². The molecule has 2 aliphatic rings. The van der Waals surface area contributed by atoms with Crippen LogP contribution >= 0.6 is 11.6 Å². The van der Waals surface area contributed by atoms with Gasteiger partial charge in [0.25, 0.3) is 0 Å². The lowest BCUT2D eigenvalue weighted by Gasteiger charge is -2.33. The number of benzene rings is 1. The summed E-state index contributed by atoms with van der Waals surface area (Å²) >= 11 is 5.96. The van der Waals surface area contributed by atoms with Crippen molar-refractivity contribution in [3.63, 3.8) is 0 Å². The van der Waals surface area contributed by atoms with Crippen LogP contribution in [0.1, 0.15) is 50.5 Å². The first-order valence-electron chi connectivity index (χ1n) is 9.90. The number of nitrogens with zero attached hydrogens (tertiary/aromatic N) is 1. The fourth-order valence-electron chi connectivity index (χ4n) is 3.85. The highest BCUT2D eigenvalue weighted by atomic mass is 35.5. The Morgan fingerprint density at radius 3 is 2.26 bits per heavy atom. The van der Waals surface area contributed by atoms with Gasteiger partial charge in [0.05, 0.1) is 0 Å². The summed E-state index contributed by atoms with van der Waals surface area (Å²) in [5.74, 6) is 0. The van der Waals surface area contributed by atoms with E-state index in [1.165, 1.54) is 19.3 Å². The van der Waals surface area contributed by atoms with E-state index in [9.17, 15) is 9.59 Å². The number of aryl methyl sites for hydroxylation is 1. The van der Waals surface area contributed by atoms with Gasteiger partial charge in [-0.15, -0.1) is 0 Å². The van der Waals surface area contributed by atoms with Gasteiger partial charge in [0.15, 0.2) is 0 Å². The maximum absolute atomic E-state index is 12.5. The lowest BCUT2D eigenvalue weighted by molar-refractivity contribution is 0.186. The molecule has 1 saturated heterocycles. The van der Waals surface area contributed by atoms with Gasteiger partial charge in [-0.1, -0.05) is 30.9 Å². The molecule has 2 fully saturated rings. The molecule has 0 bridgehead atoms. The summed E-state index contributed by atoms with van der Waals surface area (Å²) in [7, 11) is 0. The van der Waals surface area contributed by atoms with Crippen molar-refractivity contribution in [2.45, 2.75) is 64.0 Å². The molecule has 3 N–H and O–H groups in total. The topological polar surface area (TPSA) is 73.5 Å². The summed E-state index contributed by atoms with van der Waals surface area (Å²) in [6.07, 6.45) is 7.37. The van der Waals surface area contributed by atoms with Crippen LogP contribution in [-0.4, -0.2) is 42.1 Å². The Bertz CT molecular complexity index is 668. The second-order valence-corrected chi connectivity index (χ2v) is 8.04. The molecule has 6 nitrogen and oxygen atoms in total. The van der Waals surface area contributed by atoms with Crippen molar-refractivity contribution in [3.8, 4) is 0 Å². The van der Waals surface area contributed by atoms with E-state index in [4.69, 9.17) is 11.6 Å². The van der Waals surface area contributed by atoms with E-state index in [-0.39, 0.29) is 18.1 Å². The van der Waals surface area contributed by atoms with Crippen molar-refractivity contribution in [2.24, 2.45) is 0 Å². The monoisotopic (exact) mass is 392 g/mol. The van der Waals surface area contributed by atoms with Crippen LogP contribution < -0.4 is 16.0 Å². The van der Waals surface area contributed by atoms with E-state index in [1.54, 1.807) is 11.0 Å². The molecule has 1 aliphatic carbocycles. The Morgan fingerprint density at radius 1 is 1.00 bits per heavy atom. The summed E-state index contributed by atoms with van der Waals surface area (Å²) in [5.41, 5.74) is 1.71. The van der Waals surface area contributed by atoms with Gasteiger partial charge in [-0.3, -0.25) is 0 Å². The van der Waals surface area contributed by atoms with E-state index in [0.29, 0.717) is 24.2 Å². The van der Waals surface area contributed by atoms with Crippen LogP contribution in [0, 0.1) is 6.92 Å². The van der Waals surface area contributed by atoms with Gasteiger partial charge in [0.1, 0.15) is 0 Å². The number of carbonyl (C=O) groups is 2. The number of hydrogen-bond donors (Lipinski definition) is 3. The maximum Gasteiger partial charge on any atom is 0.321 e. The van der Waals surface area contributed by atoms with Crippen molar-refractivity contribution in [3.05, 3.63) is 28.8 Å². The highest BCUT2D eigenvalue weighted by Crippen LogP contribution is 2.21. The molecule has 7 heteroatoms. The third-order valence-electron chi connectivity index (χ3n) is 5.49. The van der Waals surface area contributed by atoms with Crippen LogP contribution in [0.2, 0.25) is 5.02 Å². The highest BCUT2D eigenvalue weighted by molar-refractivity contribution is 6.30. The van der Waals surface area contributed by atoms with Crippen LogP contribution in [0.4, 0.5) is 15.3 Å². The lowest BCUT2D eigenvalue weighted by atomic mass is 9.96. The summed E-state index contributed by atoms with van der Waals surface area (Å²) in [4.78, 5) is 26.5. The molecule has 0 unspecified atom stereocenters. The number of anilines is 1. The van der Waals surface area contributed by atoms with Crippen molar-refractivity contribution >= 4 is 29.4 Å². The van der Waals surface area contributed by atoms with Crippen molar-refractivity contribution in [2.75, 3.05) is 18.4 Å². The van der Waals surface area contributed by atoms with Crippen LogP contribution in [0.25, 0.3) is 0 Å². The number of likely N-dealkylation sites (tertiary alicyclic amines) is 1. The fraction of sp³-hybridized carbons (Fsp3) is 0.600. The van der Waals surface area contributed by atoms with Gasteiger partial charge in [0.2, 0.25) is 0 Å². The molecular formula is C20H29ClN4O2. The number of rotatable bonds is 3. The predicted octanol–water partition coefficient (Wildman–Crippen LogP) is 4.28. The van der Waals surface area contributed by atoms with E-state index < -0.39 is 0 Å². The third kappa shape index (κ3) is 5.76. The number of hydrogen-bond acceptors (Lipinski definition) is 2. The molecule has 1 aromatic carbocycles.